The number of hydrogen-bond donors (Lipinski definition) is 4. The number of aliphatic hydroxyl groups is 1. The van der Waals surface area contributed by atoms with Crippen molar-refractivity contribution in [1.29, 1.82) is 0 Å². The summed E-state index contributed by atoms with van der Waals surface area (Å²) in [5.74, 6) is -1.85. The van der Waals surface area contributed by atoms with E-state index in [1.165, 1.54) is 23.1 Å². The van der Waals surface area contributed by atoms with Crippen LogP contribution in [0.3, 0.4) is 0 Å². The second-order valence-electron chi connectivity index (χ2n) is 8.70. The van der Waals surface area contributed by atoms with Gasteiger partial charge in [0.2, 0.25) is 0 Å². The Labute approximate surface area is 190 Å². The van der Waals surface area contributed by atoms with E-state index in [2.05, 4.69) is 33.0 Å². The van der Waals surface area contributed by atoms with Gasteiger partial charge >= 0.3 is 0 Å². The molecule has 4 N–H and O–H groups in total. The molecule has 0 spiro atoms. The van der Waals surface area contributed by atoms with Gasteiger partial charge in [0, 0.05) is 6.54 Å². The third-order valence-corrected chi connectivity index (χ3v) is 5.84. The molecular formula is C23H28F2N6O2. The minimum atomic E-state index is -1.03. The molecule has 0 atom stereocenters. The topological polar surface area (TPSA) is 106 Å². The maximum Gasteiger partial charge on any atom is 0.256 e. The van der Waals surface area contributed by atoms with Crippen LogP contribution in [0.4, 0.5) is 20.2 Å². The highest BCUT2D eigenvalue weighted by molar-refractivity contribution is 6.04. The number of aromatic nitrogens is 3. The molecule has 0 radical (unpaired) electrons. The number of carbonyl (C=O) groups excluding carboxylic acids is 1. The van der Waals surface area contributed by atoms with Crippen LogP contribution in [0.2, 0.25) is 0 Å². The molecule has 1 saturated heterocycles. The van der Waals surface area contributed by atoms with Gasteiger partial charge in [-0.2, -0.15) is 0 Å². The SMILES string of the molecule is CCCCCNCC1(O)CN(C(=O)c2cc3[nH]nnc3c(F)c2Nc2ccc(C)cc2F)C1. The van der Waals surface area contributed by atoms with Crippen molar-refractivity contribution in [3.63, 3.8) is 0 Å². The molecule has 10 heteroatoms. The largest absolute Gasteiger partial charge is 0.385 e. The van der Waals surface area contributed by atoms with Gasteiger partial charge in [-0.05, 0) is 43.7 Å². The van der Waals surface area contributed by atoms with Crippen molar-refractivity contribution >= 4 is 28.3 Å². The summed E-state index contributed by atoms with van der Waals surface area (Å²) in [4.78, 5) is 14.7. The van der Waals surface area contributed by atoms with Crippen LogP contribution in [-0.4, -0.2) is 63.1 Å². The van der Waals surface area contributed by atoms with Crippen molar-refractivity contribution in [2.24, 2.45) is 0 Å². The van der Waals surface area contributed by atoms with Crippen molar-refractivity contribution in [3.05, 3.63) is 47.0 Å². The Morgan fingerprint density at radius 3 is 2.79 bits per heavy atom. The van der Waals surface area contributed by atoms with Crippen LogP contribution in [0.5, 0.6) is 0 Å². The number of carbonyl (C=O) groups is 1. The zero-order valence-corrected chi connectivity index (χ0v) is 18.7. The third kappa shape index (κ3) is 4.81. The number of aryl methyl sites for hydroxylation is 1. The highest BCUT2D eigenvalue weighted by Gasteiger charge is 2.44. The number of amides is 1. The van der Waals surface area contributed by atoms with E-state index in [9.17, 15) is 14.3 Å². The number of likely N-dealkylation sites (tertiary alicyclic amines) is 1. The summed E-state index contributed by atoms with van der Waals surface area (Å²) in [5, 5.41) is 26.5. The second kappa shape index (κ2) is 9.40. The molecular weight excluding hydrogens is 430 g/mol. The number of β-amino-alcohol motifs (C(OH)–C–C–N with tert-alkyl or cyclic N) is 1. The Bertz CT molecular complexity index is 1160. The Morgan fingerprint density at radius 1 is 1.27 bits per heavy atom. The Hall–Kier alpha value is -3.11. The predicted octanol–water partition coefficient (Wildman–Crippen LogP) is 3.25. The predicted molar refractivity (Wildman–Crippen MR) is 122 cm³/mol. The lowest BCUT2D eigenvalue weighted by atomic mass is 9.92. The number of H-pyrrole nitrogens is 1. The van der Waals surface area contributed by atoms with Crippen molar-refractivity contribution < 1.29 is 18.7 Å². The molecule has 0 bridgehead atoms. The summed E-state index contributed by atoms with van der Waals surface area (Å²) >= 11 is 0. The van der Waals surface area contributed by atoms with E-state index in [4.69, 9.17) is 0 Å². The van der Waals surface area contributed by atoms with Gasteiger partial charge in [-0.1, -0.05) is 31.0 Å². The summed E-state index contributed by atoms with van der Waals surface area (Å²) in [7, 11) is 0. The molecule has 1 fully saturated rings. The van der Waals surface area contributed by atoms with Crippen LogP contribution in [0.1, 0.15) is 42.1 Å². The molecule has 33 heavy (non-hydrogen) atoms. The van der Waals surface area contributed by atoms with Gasteiger partial charge < -0.3 is 20.6 Å². The molecule has 1 aliphatic rings. The third-order valence-electron chi connectivity index (χ3n) is 5.84. The second-order valence-corrected chi connectivity index (χ2v) is 8.70. The normalized spacial score (nSPS) is 15.0. The van der Waals surface area contributed by atoms with Gasteiger partial charge in [0.15, 0.2) is 11.3 Å². The Morgan fingerprint density at radius 2 is 2.06 bits per heavy atom. The number of aromatic amines is 1. The first-order valence-electron chi connectivity index (χ1n) is 11.1. The molecule has 8 nitrogen and oxygen atoms in total. The minimum Gasteiger partial charge on any atom is -0.385 e. The fraction of sp³-hybridized carbons (Fsp3) is 0.435. The standard InChI is InChI=1S/C23H28F2N6O2/c1-3-4-5-8-26-11-23(33)12-31(13-23)22(32)15-10-18-21(29-30-28-18)19(25)20(15)27-17-7-6-14(2)9-16(17)24/h6-7,9-10,26-27,33H,3-5,8,11-13H2,1-2H3,(H,28,29,30). The van der Waals surface area contributed by atoms with Crippen molar-refractivity contribution in [3.8, 4) is 0 Å². The summed E-state index contributed by atoms with van der Waals surface area (Å²) in [6.07, 6.45) is 3.26. The molecule has 3 aromatic rings. The number of nitrogens with zero attached hydrogens (tertiary/aromatic N) is 3. The number of rotatable bonds is 9. The monoisotopic (exact) mass is 458 g/mol. The number of unbranched alkanes of at least 4 members (excludes halogenated alkanes) is 2. The number of anilines is 2. The maximum absolute atomic E-state index is 15.3. The van der Waals surface area contributed by atoms with E-state index in [0.29, 0.717) is 12.1 Å². The van der Waals surface area contributed by atoms with E-state index in [-0.39, 0.29) is 41.1 Å². The van der Waals surface area contributed by atoms with Crippen molar-refractivity contribution in [2.75, 3.05) is 31.5 Å². The number of fused-ring (bicyclic) bond motifs is 1. The smallest absolute Gasteiger partial charge is 0.256 e. The number of halogens is 2. The molecule has 0 unspecified atom stereocenters. The molecule has 0 aliphatic carbocycles. The summed E-state index contributed by atoms with van der Waals surface area (Å²) in [6, 6.07) is 5.93. The van der Waals surface area contributed by atoms with Crippen LogP contribution in [0, 0.1) is 18.6 Å². The summed E-state index contributed by atoms with van der Waals surface area (Å²) in [6.45, 7) is 5.27. The summed E-state index contributed by atoms with van der Waals surface area (Å²) in [5.41, 5.74) is -0.271. The van der Waals surface area contributed by atoms with E-state index >= 15 is 4.39 Å². The number of hydrogen-bond acceptors (Lipinski definition) is 6. The van der Waals surface area contributed by atoms with E-state index in [1.54, 1.807) is 13.0 Å². The first-order chi connectivity index (χ1) is 15.8. The molecule has 2 aromatic carbocycles. The van der Waals surface area contributed by atoms with Crippen LogP contribution in [0.25, 0.3) is 11.0 Å². The Balaban J connectivity index is 1.54. The molecule has 1 amide bonds. The first kappa shape index (κ1) is 23.1. The highest BCUT2D eigenvalue weighted by atomic mass is 19.1. The van der Waals surface area contributed by atoms with Gasteiger partial charge in [0.05, 0.1) is 35.5 Å². The quantitative estimate of drug-likeness (QED) is 0.367. The van der Waals surface area contributed by atoms with E-state index in [0.717, 1.165) is 25.8 Å². The van der Waals surface area contributed by atoms with Gasteiger partial charge in [0.25, 0.3) is 5.91 Å². The van der Waals surface area contributed by atoms with E-state index < -0.39 is 23.1 Å². The highest BCUT2D eigenvalue weighted by Crippen LogP contribution is 2.33. The summed E-state index contributed by atoms with van der Waals surface area (Å²) < 4.78 is 29.7. The van der Waals surface area contributed by atoms with E-state index in [1.807, 2.05) is 0 Å². The number of nitrogens with one attached hydrogen (secondary N) is 3. The van der Waals surface area contributed by atoms with Crippen molar-refractivity contribution in [2.45, 2.75) is 38.7 Å². The lowest BCUT2D eigenvalue weighted by molar-refractivity contribution is -0.0784. The molecule has 1 aliphatic heterocycles. The average Bonchev–Trinajstić information content (AvgIpc) is 3.23. The van der Waals surface area contributed by atoms with Crippen LogP contribution in [-0.2, 0) is 0 Å². The fourth-order valence-electron chi connectivity index (χ4n) is 4.01. The van der Waals surface area contributed by atoms with Crippen LogP contribution >= 0.6 is 0 Å². The average molecular weight is 459 g/mol. The van der Waals surface area contributed by atoms with Gasteiger partial charge in [-0.15, -0.1) is 5.10 Å². The van der Waals surface area contributed by atoms with Gasteiger partial charge in [0.1, 0.15) is 11.4 Å². The first-order valence-corrected chi connectivity index (χ1v) is 11.1. The Kier molecular flexibility index (Phi) is 6.57. The zero-order valence-electron chi connectivity index (χ0n) is 18.7. The van der Waals surface area contributed by atoms with Gasteiger partial charge in [-0.3, -0.25) is 9.89 Å². The minimum absolute atomic E-state index is 0.00369. The van der Waals surface area contributed by atoms with Crippen LogP contribution < -0.4 is 10.6 Å². The molecule has 2 heterocycles. The molecule has 0 saturated carbocycles. The van der Waals surface area contributed by atoms with Crippen LogP contribution in [0.15, 0.2) is 24.3 Å². The zero-order chi connectivity index (χ0) is 23.6. The van der Waals surface area contributed by atoms with Gasteiger partial charge in [-0.25, -0.2) is 8.78 Å². The lowest BCUT2D eigenvalue weighted by Crippen LogP contribution is -2.67. The van der Waals surface area contributed by atoms with Crippen molar-refractivity contribution in [1.82, 2.24) is 25.6 Å². The molecule has 176 valence electrons. The molecule has 4 rings (SSSR count). The lowest BCUT2D eigenvalue weighted by Gasteiger charge is -2.46. The molecule has 1 aromatic heterocycles. The fourth-order valence-corrected chi connectivity index (χ4v) is 4.01. The number of benzene rings is 2. The maximum atomic E-state index is 15.3.